The minimum absolute atomic E-state index is 0.658. The average molecular weight is 300 g/mol. The van der Waals surface area contributed by atoms with Gasteiger partial charge in [0.1, 0.15) is 12.2 Å². The maximum absolute atomic E-state index is 4.42. The highest BCUT2D eigenvalue weighted by molar-refractivity contribution is 9.09. The molecular weight excluding hydrogens is 278 g/mol. The molecule has 3 nitrogen and oxygen atoms in total. The van der Waals surface area contributed by atoms with Crippen LogP contribution in [0, 0.1) is 11.8 Å². The van der Waals surface area contributed by atoms with Crippen molar-refractivity contribution in [2.75, 3.05) is 0 Å². The van der Waals surface area contributed by atoms with Gasteiger partial charge in [-0.05, 0) is 37.5 Å². The van der Waals surface area contributed by atoms with Crippen molar-refractivity contribution in [3.63, 3.8) is 0 Å². The summed E-state index contributed by atoms with van der Waals surface area (Å²) in [5.74, 6) is 2.74. The molecule has 2 rings (SSSR count). The van der Waals surface area contributed by atoms with Crippen molar-refractivity contribution in [3.8, 4) is 0 Å². The Bertz CT molecular complexity index is 350. The van der Waals surface area contributed by atoms with E-state index in [1.165, 1.54) is 19.3 Å². The third-order valence-corrected chi connectivity index (χ3v) is 4.93. The van der Waals surface area contributed by atoms with Crippen LogP contribution in [0.15, 0.2) is 6.33 Å². The van der Waals surface area contributed by atoms with Crippen LogP contribution in [0.1, 0.15) is 45.4 Å². The van der Waals surface area contributed by atoms with Gasteiger partial charge in [-0.1, -0.05) is 29.8 Å². The van der Waals surface area contributed by atoms with Gasteiger partial charge >= 0.3 is 0 Å². The molecule has 0 spiro atoms. The second kappa shape index (κ2) is 5.98. The first kappa shape index (κ1) is 13.1. The first-order valence-electron chi connectivity index (χ1n) is 6.71. The smallest absolute Gasteiger partial charge is 0.138 e. The van der Waals surface area contributed by atoms with Crippen molar-refractivity contribution in [1.82, 2.24) is 14.8 Å². The SMILES string of the molecule is CCCn1ncnc1CC1CC(C)CCC1Br. The lowest BCUT2D eigenvalue weighted by Crippen LogP contribution is -2.26. The number of nitrogens with zero attached hydrogens (tertiary/aromatic N) is 3. The number of alkyl halides is 1. The van der Waals surface area contributed by atoms with E-state index in [9.17, 15) is 0 Å². The van der Waals surface area contributed by atoms with Gasteiger partial charge in [0.25, 0.3) is 0 Å². The summed E-state index contributed by atoms with van der Waals surface area (Å²) in [6, 6.07) is 0. The fraction of sp³-hybridized carbons (Fsp3) is 0.846. The molecule has 4 heteroatoms. The van der Waals surface area contributed by atoms with E-state index in [0.29, 0.717) is 4.83 Å². The van der Waals surface area contributed by atoms with Crippen LogP contribution in [0.2, 0.25) is 0 Å². The van der Waals surface area contributed by atoms with Crippen molar-refractivity contribution in [2.45, 2.75) is 57.3 Å². The van der Waals surface area contributed by atoms with Gasteiger partial charge in [-0.2, -0.15) is 5.10 Å². The molecule has 0 radical (unpaired) electrons. The lowest BCUT2D eigenvalue weighted by Gasteiger charge is -2.31. The summed E-state index contributed by atoms with van der Waals surface area (Å²) in [5.41, 5.74) is 0. The van der Waals surface area contributed by atoms with Crippen molar-refractivity contribution < 1.29 is 0 Å². The Balaban J connectivity index is 2.01. The highest BCUT2D eigenvalue weighted by atomic mass is 79.9. The van der Waals surface area contributed by atoms with Gasteiger partial charge < -0.3 is 0 Å². The minimum atomic E-state index is 0.658. The van der Waals surface area contributed by atoms with Crippen LogP contribution < -0.4 is 0 Å². The number of hydrogen-bond acceptors (Lipinski definition) is 2. The molecule has 1 aliphatic rings. The largest absolute Gasteiger partial charge is 0.250 e. The Morgan fingerprint density at radius 2 is 2.29 bits per heavy atom. The molecule has 3 unspecified atom stereocenters. The number of aryl methyl sites for hydroxylation is 1. The second-order valence-corrected chi connectivity index (χ2v) is 6.47. The van der Waals surface area contributed by atoms with Crippen LogP contribution in [0.25, 0.3) is 0 Å². The van der Waals surface area contributed by atoms with Crippen molar-refractivity contribution in [1.29, 1.82) is 0 Å². The van der Waals surface area contributed by atoms with E-state index in [1.807, 2.05) is 0 Å². The van der Waals surface area contributed by atoms with Gasteiger partial charge in [-0.25, -0.2) is 4.98 Å². The van der Waals surface area contributed by atoms with E-state index in [1.54, 1.807) is 6.33 Å². The third-order valence-electron chi connectivity index (χ3n) is 3.73. The fourth-order valence-corrected chi connectivity index (χ4v) is 3.42. The zero-order chi connectivity index (χ0) is 12.3. The Morgan fingerprint density at radius 3 is 3.06 bits per heavy atom. The Kier molecular flexibility index (Phi) is 4.60. The molecule has 0 amide bonds. The molecule has 3 atom stereocenters. The van der Waals surface area contributed by atoms with Gasteiger partial charge in [-0.15, -0.1) is 0 Å². The summed E-state index contributed by atoms with van der Waals surface area (Å²) in [7, 11) is 0. The lowest BCUT2D eigenvalue weighted by atomic mass is 9.80. The van der Waals surface area contributed by atoms with E-state index in [4.69, 9.17) is 0 Å². The predicted octanol–water partition coefficient (Wildman–Crippen LogP) is 3.43. The van der Waals surface area contributed by atoms with E-state index in [2.05, 4.69) is 44.5 Å². The topological polar surface area (TPSA) is 30.7 Å². The molecule has 1 fully saturated rings. The summed E-state index contributed by atoms with van der Waals surface area (Å²) in [6.07, 6.45) is 7.85. The molecule has 96 valence electrons. The molecule has 17 heavy (non-hydrogen) atoms. The Hall–Kier alpha value is -0.380. The van der Waals surface area contributed by atoms with Crippen LogP contribution >= 0.6 is 15.9 Å². The quantitative estimate of drug-likeness (QED) is 0.798. The molecule has 0 bridgehead atoms. The van der Waals surface area contributed by atoms with Crippen molar-refractivity contribution in [2.24, 2.45) is 11.8 Å². The number of hydrogen-bond donors (Lipinski definition) is 0. The standard InChI is InChI=1S/C13H22BrN3/c1-3-6-17-13(15-9-16-17)8-11-7-10(2)4-5-12(11)14/h9-12H,3-8H2,1-2H3. The van der Waals surface area contributed by atoms with Crippen molar-refractivity contribution in [3.05, 3.63) is 12.2 Å². The van der Waals surface area contributed by atoms with Crippen LogP contribution in [-0.2, 0) is 13.0 Å². The molecule has 0 saturated heterocycles. The van der Waals surface area contributed by atoms with E-state index < -0.39 is 0 Å². The number of halogens is 1. The minimum Gasteiger partial charge on any atom is -0.250 e. The summed E-state index contributed by atoms with van der Waals surface area (Å²) in [5, 5.41) is 4.31. The van der Waals surface area contributed by atoms with Gasteiger partial charge in [-0.3, -0.25) is 4.68 Å². The molecule has 1 aliphatic carbocycles. The summed E-state index contributed by atoms with van der Waals surface area (Å²) < 4.78 is 2.07. The first-order chi connectivity index (χ1) is 8.20. The van der Waals surface area contributed by atoms with Crippen LogP contribution in [0.4, 0.5) is 0 Å². The first-order valence-corrected chi connectivity index (χ1v) is 7.63. The van der Waals surface area contributed by atoms with Crippen LogP contribution in [-0.4, -0.2) is 19.6 Å². The van der Waals surface area contributed by atoms with Gasteiger partial charge in [0.15, 0.2) is 0 Å². The summed E-state index contributed by atoms with van der Waals surface area (Å²) >= 11 is 3.83. The molecule has 1 aromatic heterocycles. The zero-order valence-corrected chi connectivity index (χ0v) is 12.4. The van der Waals surface area contributed by atoms with Gasteiger partial charge in [0, 0.05) is 17.8 Å². The molecule has 0 aromatic carbocycles. The maximum Gasteiger partial charge on any atom is 0.138 e. The van der Waals surface area contributed by atoms with Crippen LogP contribution in [0.3, 0.4) is 0 Å². The molecule has 1 saturated carbocycles. The lowest BCUT2D eigenvalue weighted by molar-refractivity contribution is 0.288. The van der Waals surface area contributed by atoms with Crippen LogP contribution in [0.5, 0.6) is 0 Å². The fourth-order valence-electron chi connectivity index (χ4n) is 2.75. The molecular formula is C13H22BrN3. The summed E-state index contributed by atoms with van der Waals surface area (Å²) in [4.78, 5) is 5.08. The second-order valence-electron chi connectivity index (χ2n) is 5.30. The highest BCUT2D eigenvalue weighted by Crippen LogP contribution is 2.35. The highest BCUT2D eigenvalue weighted by Gasteiger charge is 2.28. The number of rotatable bonds is 4. The average Bonchev–Trinajstić information content (AvgIpc) is 2.72. The predicted molar refractivity (Wildman–Crippen MR) is 73.2 cm³/mol. The zero-order valence-electron chi connectivity index (χ0n) is 10.8. The van der Waals surface area contributed by atoms with E-state index >= 15 is 0 Å². The molecule has 0 N–H and O–H groups in total. The molecule has 1 heterocycles. The van der Waals surface area contributed by atoms with E-state index in [-0.39, 0.29) is 0 Å². The van der Waals surface area contributed by atoms with Gasteiger partial charge in [0.2, 0.25) is 0 Å². The molecule has 0 aliphatic heterocycles. The Morgan fingerprint density at radius 1 is 1.47 bits per heavy atom. The maximum atomic E-state index is 4.42. The monoisotopic (exact) mass is 299 g/mol. The molecule has 1 aromatic rings. The summed E-state index contributed by atoms with van der Waals surface area (Å²) in [6.45, 7) is 5.54. The Labute approximate surface area is 112 Å². The third kappa shape index (κ3) is 3.30. The van der Waals surface area contributed by atoms with Gasteiger partial charge in [0.05, 0.1) is 0 Å². The number of aromatic nitrogens is 3. The van der Waals surface area contributed by atoms with Crippen molar-refractivity contribution >= 4 is 15.9 Å². The van der Waals surface area contributed by atoms with E-state index in [0.717, 1.165) is 37.0 Å². The normalized spacial score (nSPS) is 29.5.